The van der Waals surface area contributed by atoms with Crippen molar-refractivity contribution in [3.63, 3.8) is 0 Å². The number of aliphatic hydroxyl groups is 2. The molecule has 1 amide bonds. The number of carbonyl (C=O) groups excluding carboxylic acids is 1. The Morgan fingerprint density at radius 2 is 1.74 bits per heavy atom. The summed E-state index contributed by atoms with van der Waals surface area (Å²) in [6, 6.07) is 0.345. The van der Waals surface area contributed by atoms with Crippen LogP contribution in [-0.4, -0.2) is 68.7 Å². The highest BCUT2D eigenvalue weighted by Gasteiger charge is 2.48. The lowest BCUT2D eigenvalue weighted by atomic mass is 9.98. The van der Waals surface area contributed by atoms with Crippen LogP contribution in [0.3, 0.4) is 0 Å². The third-order valence-electron chi connectivity index (χ3n) is 6.80. The first-order chi connectivity index (χ1) is 17.7. The molecule has 1 saturated heterocycles. The number of rotatable bonds is 5. The summed E-state index contributed by atoms with van der Waals surface area (Å²) in [5.41, 5.74) is -3.35. The van der Waals surface area contributed by atoms with Gasteiger partial charge in [0.1, 0.15) is 22.9 Å². The quantitative estimate of drug-likeness (QED) is 0.504. The molecule has 3 N–H and O–H groups in total. The highest BCUT2D eigenvalue weighted by molar-refractivity contribution is 5.97. The first kappa shape index (κ1) is 27.7. The number of aliphatic imine (C=N–C) groups is 1. The smallest absolute Gasteiger partial charge is 0.308 e. The van der Waals surface area contributed by atoms with Crippen molar-refractivity contribution in [2.24, 2.45) is 10.9 Å². The van der Waals surface area contributed by atoms with E-state index in [1.165, 1.54) is 0 Å². The van der Waals surface area contributed by atoms with Crippen molar-refractivity contribution in [3.05, 3.63) is 57.1 Å². The first-order valence-electron chi connectivity index (χ1n) is 12.1. The van der Waals surface area contributed by atoms with Gasteiger partial charge in [0, 0.05) is 37.5 Å². The SMILES string of the molecule is CCC(NC(=O)c1cn(-c2c(F)cc(F)cc2F)c2c(c1=O)CC(F)(F)C(N1C[C@@H](O)[C@@H](O)C1)=N2)C(C)C. The van der Waals surface area contributed by atoms with Crippen molar-refractivity contribution in [2.45, 2.75) is 57.8 Å². The largest absolute Gasteiger partial charge is 0.389 e. The summed E-state index contributed by atoms with van der Waals surface area (Å²) in [6.07, 6.45) is -2.68. The summed E-state index contributed by atoms with van der Waals surface area (Å²) >= 11 is 0. The molecule has 0 spiro atoms. The number of likely N-dealkylation sites (tertiary alicyclic amines) is 1. The number of pyridine rings is 1. The molecule has 3 atom stereocenters. The molecule has 2 aliphatic rings. The number of amidine groups is 1. The Balaban J connectivity index is 1.97. The molecule has 2 aromatic rings. The Morgan fingerprint density at radius 1 is 1.16 bits per heavy atom. The van der Waals surface area contributed by atoms with Gasteiger partial charge in [-0.15, -0.1) is 0 Å². The molecule has 0 bridgehead atoms. The van der Waals surface area contributed by atoms with Gasteiger partial charge >= 0.3 is 5.92 Å². The van der Waals surface area contributed by atoms with Crippen LogP contribution in [0.4, 0.5) is 27.8 Å². The first-order valence-corrected chi connectivity index (χ1v) is 12.1. The minimum absolute atomic E-state index is 0.0431. The van der Waals surface area contributed by atoms with E-state index in [0.717, 1.165) is 11.1 Å². The number of alkyl halides is 2. The molecule has 1 unspecified atom stereocenters. The summed E-state index contributed by atoms with van der Waals surface area (Å²) in [7, 11) is 0. The average molecular weight is 543 g/mol. The number of aromatic nitrogens is 1. The molecule has 4 rings (SSSR count). The summed E-state index contributed by atoms with van der Waals surface area (Å²) in [4.78, 5) is 31.2. The lowest BCUT2D eigenvalue weighted by Gasteiger charge is -2.32. The van der Waals surface area contributed by atoms with Gasteiger partial charge in [0.25, 0.3) is 5.91 Å². The van der Waals surface area contributed by atoms with Crippen LogP contribution in [0, 0.1) is 23.4 Å². The van der Waals surface area contributed by atoms with Crippen LogP contribution in [0.5, 0.6) is 0 Å². The van der Waals surface area contributed by atoms with E-state index in [0.29, 0.717) is 23.1 Å². The Kier molecular flexibility index (Phi) is 7.36. The van der Waals surface area contributed by atoms with E-state index in [4.69, 9.17) is 0 Å². The summed E-state index contributed by atoms with van der Waals surface area (Å²) in [5.74, 6) is -10.4. The zero-order chi connectivity index (χ0) is 28.1. The Hall–Kier alpha value is -3.32. The van der Waals surface area contributed by atoms with Gasteiger partial charge < -0.3 is 20.4 Å². The van der Waals surface area contributed by atoms with Gasteiger partial charge in [0.15, 0.2) is 22.9 Å². The number of hydrogen-bond donors (Lipinski definition) is 3. The maximum absolute atomic E-state index is 15.3. The van der Waals surface area contributed by atoms with E-state index in [9.17, 15) is 33.0 Å². The lowest BCUT2D eigenvalue weighted by molar-refractivity contribution is 0.0572. The number of amides is 1. The average Bonchev–Trinajstić information content (AvgIpc) is 3.14. The number of carbonyl (C=O) groups is 1. The van der Waals surface area contributed by atoms with E-state index in [1.807, 2.05) is 13.8 Å². The summed E-state index contributed by atoms with van der Waals surface area (Å²) in [6.45, 7) is 4.64. The standard InChI is InChI=1S/C25H27F5N4O4/c1-4-17(11(2)3)31-23(38)14-8-34(20-15(27)5-12(26)6-16(20)28)22-13(21(14)37)7-25(29,30)24(32-22)33-9-18(35)19(36)10-33/h5-6,8,11,17-19,35-36H,4,7,9-10H2,1-3H3,(H,31,38)/t17?,18-,19+. The number of aliphatic hydroxyl groups excluding tert-OH is 2. The van der Waals surface area contributed by atoms with E-state index >= 15 is 8.78 Å². The van der Waals surface area contributed by atoms with Gasteiger partial charge in [-0.1, -0.05) is 20.8 Å². The predicted octanol–water partition coefficient (Wildman–Crippen LogP) is 2.68. The second kappa shape index (κ2) is 10.1. The van der Waals surface area contributed by atoms with Crippen LogP contribution >= 0.6 is 0 Å². The molecule has 1 aromatic carbocycles. The molecule has 0 radical (unpaired) electrons. The van der Waals surface area contributed by atoms with E-state index in [2.05, 4.69) is 10.3 Å². The second-order valence-corrected chi connectivity index (χ2v) is 9.85. The van der Waals surface area contributed by atoms with E-state index in [-0.39, 0.29) is 12.0 Å². The van der Waals surface area contributed by atoms with Gasteiger partial charge in [-0.2, -0.15) is 8.78 Å². The van der Waals surface area contributed by atoms with Crippen molar-refractivity contribution in [1.82, 2.24) is 14.8 Å². The number of nitrogens with zero attached hydrogens (tertiary/aromatic N) is 3. The second-order valence-electron chi connectivity index (χ2n) is 9.85. The molecule has 0 saturated carbocycles. The third-order valence-corrected chi connectivity index (χ3v) is 6.80. The van der Waals surface area contributed by atoms with Crippen molar-refractivity contribution < 1.29 is 37.0 Å². The maximum atomic E-state index is 15.3. The van der Waals surface area contributed by atoms with E-state index in [1.54, 1.807) is 6.92 Å². The fraction of sp³-hybridized carbons (Fsp3) is 0.480. The molecular formula is C25H27F5N4O4. The van der Waals surface area contributed by atoms with E-state index < -0.39 is 94.9 Å². The number of halogens is 5. The van der Waals surface area contributed by atoms with Crippen LogP contribution in [0.15, 0.2) is 28.1 Å². The molecule has 3 heterocycles. The molecule has 1 aromatic heterocycles. The minimum atomic E-state index is -3.79. The fourth-order valence-corrected chi connectivity index (χ4v) is 4.75. The predicted molar refractivity (Wildman–Crippen MR) is 128 cm³/mol. The Morgan fingerprint density at radius 3 is 2.26 bits per heavy atom. The van der Waals surface area contributed by atoms with Crippen LogP contribution in [-0.2, 0) is 6.42 Å². The van der Waals surface area contributed by atoms with Crippen LogP contribution in [0.1, 0.15) is 43.1 Å². The van der Waals surface area contributed by atoms with Crippen molar-refractivity contribution in [2.75, 3.05) is 13.1 Å². The molecule has 13 heteroatoms. The number of benzene rings is 1. The molecule has 1 fully saturated rings. The Labute approximate surface area is 214 Å². The number of nitrogens with one attached hydrogen (secondary N) is 1. The topological polar surface area (TPSA) is 107 Å². The highest BCUT2D eigenvalue weighted by Crippen LogP contribution is 2.37. The number of hydrogen-bond acceptors (Lipinski definition) is 6. The zero-order valence-electron chi connectivity index (χ0n) is 20.8. The van der Waals surface area contributed by atoms with Crippen molar-refractivity contribution >= 4 is 17.6 Å². The number of fused-ring (bicyclic) bond motifs is 1. The fourth-order valence-electron chi connectivity index (χ4n) is 4.75. The summed E-state index contributed by atoms with van der Waals surface area (Å²) in [5, 5.41) is 22.3. The monoisotopic (exact) mass is 542 g/mol. The van der Waals surface area contributed by atoms with Crippen LogP contribution < -0.4 is 10.7 Å². The zero-order valence-corrected chi connectivity index (χ0v) is 20.8. The molecule has 2 aliphatic heterocycles. The van der Waals surface area contributed by atoms with Gasteiger partial charge in [-0.05, 0) is 12.3 Å². The van der Waals surface area contributed by atoms with Gasteiger partial charge in [-0.3, -0.25) is 14.2 Å². The molecule has 8 nitrogen and oxygen atoms in total. The van der Waals surface area contributed by atoms with Crippen LogP contribution in [0.2, 0.25) is 0 Å². The van der Waals surface area contributed by atoms with Gasteiger partial charge in [0.2, 0.25) is 0 Å². The summed E-state index contributed by atoms with van der Waals surface area (Å²) < 4.78 is 74.6. The van der Waals surface area contributed by atoms with Crippen molar-refractivity contribution in [3.8, 4) is 5.69 Å². The van der Waals surface area contributed by atoms with Gasteiger partial charge in [0.05, 0.1) is 24.2 Å². The maximum Gasteiger partial charge on any atom is 0.308 e. The molecule has 38 heavy (non-hydrogen) atoms. The highest BCUT2D eigenvalue weighted by atomic mass is 19.3. The van der Waals surface area contributed by atoms with Crippen LogP contribution in [0.25, 0.3) is 5.69 Å². The van der Waals surface area contributed by atoms with Crippen molar-refractivity contribution in [1.29, 1.82) is 0 Å². The number of β-amino-alcohol motifs (C(OH)–C–C–N with tert-alkyl or cyclic N) is 2. The molecular weight excluding hydrogens is 515 g/mol. The Bertz CT molecular complexity index is 1330. The normalized spacial score (nSPS) is 21.3. The molecule has 206 valence electrons. The third kappa shape index (κ3) is 4.92. The minimum Gasteiger partial charge on any atom is -0.389 e. The molecule has 0 aliphatic carbocycles. The van der Waals surface area contributed by atoms with Gasteiger partial charge in [-0.25, -0.2) is 18.2 Å². The lowest BCUT2D eigenvalue weighted by Crippen LogP contribution is -2.48.